The summed E-state index contributed by atoms with van der Waals surface area (Å²) in [5.41, 5.74) is 2.63. The summed E-state index contributed by atoms with van der Waals surface area (Å²) >= 11 is 3.23. The smallest absolute Gasteiger partial charge is 0.130 e. The molecule has 0 bridgehead atoms. The first kappa shape index (κ1) is 14.5. The van der Waals surface area contributed by atoms with Crippen LogP contribution in [0.4, 0.5) is 4.39 Å². The highest BCUT2D eigenvalue weighted by Gasteiger charge is 2.18. The maximum atomic E-state index is 13.7. The van der Waals surface area contributed by atoms with Crippen molar-refractivity contribution in [2.75, 3.05) is 0 Å². The molecule has 21 heavy (non-hydrogen) atoms. The molecule has 0 aromatic heterocycles. The quantitative estimate of drug-likeness (QED) is 0.880. The zero-order valence-electron chi connectivity index (χ0n) is 11.5. The van der Waals surface area contributed by atoms with Crippen LogP contribution in [0, 0.1) is 5.82 Å². The Morgan fingerprint density at radius 3 is 2.90 bits per heavy atom. The monoisotopic (exact) mass is 350 g/mol. The van der Waals surface area contributed by atoms with Crippen LogP contribution in [-0.4, -0.2) is 5.11 Å². The third-order valence-electron chi connectivity index (χ3n) is 3.81. The number of fused-ring (bicyclic) bond motifs is 1. The number of hydrogen-bond acceptors (Lipinski definition) is 2. The molecule has 3 rings (SSSR count). The van der Waals surface area contributed by atoms with Crippen LogP contribution in [0.5, 0.6) is 5.75 Å². The van der Waals surface area contributed by atoms with Crippen LogP contribution < -0.4 is 4.74 Å². The van der Waals surface area contributed by atoms with E-state index in [2.05, 4.69) is 15.9 Å². The minimum absolute atomic E-state index is 0.175. The van der Waals surface area contributed by atoms with Crippen molar-refractivity contribution in [3.8, 4) is 5.75 Å². The van der Waals surface area contributed by atoms with Gasteiger partial charge in [-0.05, 0) is 54.7 Å². The molecular weight excluding hydrogens is 335 g/mol. The van der Waals surface area contributed by atoms with Gasteiger partial charge in [0.25, 0.3) is 0 Å². The molecule has 0 amide bonds. The Hall–Kier alpha value is -1.39. The van der Waals surface area contributed by atoms with Crippen LogP contribution in [0.1, 0.15) is 35.6 Å². The van der Waals surface area contributed by atoms with Gasteiger partial charge >= 0.3 is 0 Å². The first-order valence-corrected chi connectivity index (χ1v) is 7.80. The highest BCUT2D eigenvalue weighted by molar-refractivity contribution is 9.10. The number of rotatable bonds is 3. The Morgan fingerprint density at radius 2 is 2.10 bits per heavy atom. The molecule has 110 valence electrons. The van der Waals surface area contributed by atoms with E-state index in [0.29, 0.717) is 15.8 Å². The highest BCUT2D eigenvalue weighted by Crippen LogP contribution is 2.32. The largest absolute Gasteiger partial charge is 0.489 e. The summed E-state index contributed by atoms with van der Waals surface area (Å²) in [6, 6.07) is 10.7. The van der Waals surface area contributed by atoms with Crippen LogP contribution >= 0.6 is 15.9 Å². The highest BCUT2D eigenvalue weighted by atomic mass is 79.9. The zero-order valence-corrected chi connectivity index (χ0v) is 13.1. The molecule has 1 aliphatic rings. The van der Waals surface area contributed by atoms with Crippen LogP contribution in [0.25, 0.3) is 0 Å². The fourth-order valence-corrected chi connectivity index (χ4v) is 2.98. The van der Waals surface area contributed by atoms with Crippen LogP contribution in [0.15, 0.2) is 40.9 Å². The van der Waals surface area contributed by atoms with E-state index in [0.717, 1.165) is 24.8 Å². The van der Waals surface area contributed by atoms with Gasteiger partial charge in [0.05, 0.1) is 6.10 Å². The molecule has 0 heterocycles. The van der Waals surface area contributed by atoms with Crippen molar-refractivity contribution in [3.05, 3.63) is 63.4 Å². The lowest BCUT2D eigenvalue weighted by atomic mass is 9.89. The maximum Gasteiger partial charge on any atom is 0.130 e. The van der Waals surface area contributed by atoms with Crippen molar-refractivity contribution in [2.24, 2.45) is 0 Å². The van der Waals surface area contributed by atoms with Gasteiger partial charge in [-0.25, -0.2) is 4.39 Å². The molecule has 2 aromatic carbocycles. The molecule has 0 saturated carbocycles. The summed E-state index contributed by atoms with van der Waals surface area (Å²) < 4.78 is 20.1. The van der Waals surface area contributed by atoms with Crippen molar-refractivity contribution in [3.63, 3.8) is 0 Å². The predicted octanol–water partition coefficient (Wildman–Crippen LogP) is 4.54. The van der Waals surface area contributed by atoms with Crippen molar-refractivity contribution < 1.29 is 14.2 Å². The van der Waals surface area contributed by atoms with Gasteiger partial charge in [0.2, 0.25) is 0 Å². The second-order valence-electron chi connectivity index (χ2n) is 5.29. The lowest BCUT2D eigenvalue weighted by Crippen LogP contribution is -2.09. The Labute approximate surface area is 131 Å². The number of aliphatic hydroxyl groups excluding tert-OH is 1. The molecule has 0 spiro atoms. The summed E-state index contributed by atoms with van der Waals surface area (Å²) in [4.78, 5) is 0. The summed E-state index contributed by atoms with van der Waals surface area (Å²) in [5.74, 6) is 0.374. The number of benzene rings is 2. The van der Waals surface area contributed by atoms with Gasteiger partial charge in [-0.1, -0.05) is 28.1 Å². The maximum absolute atomic E-state index is 13.7. The summed E-state index contributed by atoms with van der Waals surface area (Å²) in [5, 5.41) is 10.0. The van der Waals surface area contributed by atoms with E-state index in [-0.39, 0.29) is 12.4 Å². The average Bonchev–Trinajstić information content (AvgIpc) is 2.47. The van der Waals surface area contributed by atoms with Crippen LogP contribution in [0.3, 0.4) is 0 Å². The number of aliphatic hydroxyl groups is 1. The van der Waals surface area contributed by atoms with Gasteiger partial charge in [-0.2, -0.15) is 0 Å². The number of aryl methyl sites for hydroxylation is 1. The van der Waals surface area contributed by atoms with Crippen molar-refractivity contribution >= 4 is 15.9 Å². The minimum Gasteiger partial charge on any atom is -0.489 e. The molecular formula is C17H16BrFO2. The molecule has 0 radical (unpaired) electrons. The normalized spacial score (nSPS) is 17.4. The van der Waals surface area contributed by atoms with E-state index in [1.807, 2.05) is 18.2 Å². The van der Waals surface area contributed by atoms with E-state index in [9.17, 15) is 9.50 Å². The molecule has 4 heteroatoms. The Morgan fingerprint density at radius 1 is 1.24 bits per heavy atom. The molecule has 1 atom stereocenters. The van der Waals surface area contributed by atoms with Gasteiger partial charge in [0.1, 0.15) is 18.2 Å². The Kier molecular flexibility index (Phi) is 4.27. The summed E-state index contributed by atoms with van der Waals surface area (Å²) in [7, 11) is 0. The topological polar surface area (TPSA) is 29.5 Å². The number of halogens is 2. The first-order valence-electron chi connectivity index (χ1n) is 7.01. The first-order chi connectivity index (χ1) is 10.1. The fraction of sp³-hybridized carbons (Fsp3) is 0.294. The molecule has 0 unspecified atom stereocenters. The lowest BCUT2D eigenvalue weighted by Gasteiger charge is -2.22. The number of hydrogen-bond donors (Lipinski definition) is 1. The van der Waals surface area contributed by atoms with Gasteiger partial charge in [-0.3, -0.25) is 0 Å². The second-order valence-corrected chi connectivity index (χ2v) is 6.21. The summed E-state index contributed by atoms with van der Waals surface area (Å²) in [6.45, 7) is 0.175. The minimum atomic E-state index is -0.415. The van der Waals surface area contributed by atoms with Crippen molar-refractivity contribution in [1.82, 2.24) is 0 Å². The van der Waals surface area contributed by atoms with Gasteiger partial charge < -0.3 is 9.84 Å². The standard InChI is InChI=1S/C17H16BrFO2/c18-13-6-4-12(16(19)8-13)10-21-14-7-5-11-2-1-3-17(20)15(11)9-14/h4-9,17,20H,1-3,10H2/t17-/m0/s1. The van der Waals surface area contributed by atoms with E-state index in [4.69, 9.17) is 4.74 Å². The SMILES string of the molecule is O[C@H]1CCCc2ccc(OCc3ccc(Br)cc3F)cc21. The molecule has 0 aliphatic heterocycles. The van der Waals surface area contributed by atoms with Gasteiger partial charge in [0, 0.05) is 10.0 Å². The molecule has 0 saturated heterocycles. The van der Waals surface area contributed by atoms with E-state index < -0.39 is 6.10 Å². The summed E-state index contributed by atoms with van der Waals surface area (Å²) in [6.07, 6.45) is 2.38. The molecule has 1 aliphatic carbocycles. The Bertz CT molecular complexity index is 657. The molecule has 2 aromatic rings. The average molecular weight is 351 g/mol. The van der Waals surface area contributed by atoms with Gasteiger partial charge in [-0.15, -0.1) is 0 Å². The predicted molar refractivity (Wildman–Crippen MR) is 82.8 cm³/mol. The third-order valence-corrected chi connectivity index (χ3v) is 4.30. The van der Waals surface area contributed by atoms with E-state index >= 15 is 0 Å². The second kappa shape index (κ2) is 6.16. The fourth-order valence-electron chi connectivity index (χ4n) is 2.64. The van der Waals surface area contributed by atoms with Gasteiger partial charge in [0.15, 0.2) is 0 Å². The van der Waals surface area contributed by atoms with E-state index in [1.54, 1.807) is 12.1 Å². The molecule has 0 fully saturated rings. The van der Waals surface area contributed by atoms with Crippen molar-refractivity contribution in [1.29, 1.82) is 0 Å². The van der Waals surface area contributed by atoms with Crippen LogP contribution in [-0.2, 0) is 13.0 Å². The molecule has 2 nitrogen and oxygen atoms in total. The van der Waals surface area contributed by atoms with Crippen molar-refractivity contribution in [2.45, 2.75) is 32.0 Å². The zero-order chi connectivity index (χ0) is 14.8. The third kappa shape index (κ3) is 3.27. The van der Waals surface area contributed by atoms with E-state index in [1.165, 1.54) is 11.6 Å². The lowest BCUT2D eigenvalue weighted by molar-refractivity contribution is 0.156. The van der Waals surface area contributed by atoms with Crippen LogP contribution in [0.2, 0.25) is 0 Å². The number of ether oxygens (including phenoxy) is 1. The molecule has 1 N–H and O–H groups in total. The Balaban J connectivity index is 1.75.